The van der Waals surface area contributed by atoms with E-state index in [0.717, 1.165) is 18.8 Å². The molecule has 1 aromatic rings. The third-order valence-electron chi connectivity index (χ3n) is 3.39. The van der Waals surface area contributed by atoms with Crippen LogP contribution < -0.4 is 10.1 Å². The fourth-order valence-electron chi connectivity index (χ4n) is 2.07. The smallest absolute Gasteiger partial charge is 0.175 e. The number of benzene rings is 1. The van der Waals surface area contributed by atoms with Crippen molar-refractivity contribution in [3.8, 4) is 5.75 Å². The Balaban J connectivity index is 0.00000180. The zero-order valence-corrected chi connectivity index (χ0v) is 12.8. The summed E-state index contributed by atoms with van der Waals surface area (Å²) in [6, 6.07) is 6.59. The molecule has 1 fully saturated rings. The fourth-order valence-corrected chi connectivity index (χ4v) is 2.70. The molecule has 108 valence electrons. The standard InChI is InChI=1S/C13H19NO3S.ClH/c1-10-7-14-8-11(10)9-17-12-3-5-13(6-4-12)18(2,15)16;/h3-6,10-11,14H,7-9H2,1-2H3;1H/t10-,11+;/m1./s1. The van der Waals surface area contributed by atoms with Gasteiger partial charge in [0.05, 0.1) is 11.5 Å². The van der Waals surface area contributed by atoms with Crippen molar-refractivity contribution in [3.05, 3.63) is 24.3 Å². The summed E-state index contributed by atoms with van der Waals surface area (Å²) in [5.41, 5.74) is 0. The van der Waals surface area contributed by atoms with Gasteiger partial charge in [0.15, 0.2) is 9.84 Å². The Bertz CT molecular complexity index is 501. The van der Waals surface area contributed by atoms with Gasteiger partial charge in [0.1, 0.15) is 5.75 Å². The predicted octanol–water partition coefficient (Wildman–Crippen LogP) is 1.75. The highest BCUT2D eigenvalue weighted by Gasteiger charge is 2.23. The molecule has 0 aliphatic carbocycles. The van der Waals surface area contributed by atoms with Gasteiger partial charge in [-0.1, -0.05) is 6.92 Å². The lowest BCUT2D eigenvalue weighted by Crippen LogP contribution is -2.18. The van der Waals surface area contributed by atoms with E-state index in [-0.39, 0.29) is 12.4 Å². The highest BCUT2D eigenvalue weighted by atomic mass is 35.5. The van der Waals surface area contributed by atoms with E-state index in [0.29, 0.717) is 23.3 Å². The molecule has 1 aliphatic rings. The summed E-state index contributed by atoms with van der Waals surface area (Å²) in [6.45, 7) is 4.91. The molecule has 4 nitrogen and oxygen atoms in total. The van der Waals surface area contributed by atoms with Crippen molar-refractivity contribution < 1.29 is 13.2 Å². The van der Waals surface area contributed by atoms with Crippen molar-refractivity contribution in [3.63, 3.8) is 0 Å². The van der Waals surface area contributed by atoms with E-state index in [1.54, 1.807) is 24.3 Å². The van der Waals surface area contributed by atoms with Crippen LogP contribution in [0.1, 0.15) is 6.92 Å². The first kappa shape index (κ1) is 16.3. The first-order valence-electron chi connectivity index (χ1n) is 6.10. The molecule has 0 spiro atoms. The first-order chi connectivity index (χ1) is 8.47. The number of hydrogen-bond donors (Lipinski definition) is 1. The molecule has 1 heterocycles. The molecule has 1 aliphatic heterocycles. The summed E-state index contributed by atoms with van der Waals surface area (Å²) in [6.07, 6.45) is 1.20. The number of halogens is 1. The minimum Gasteiger partial charge on any atom is -0.493 e. The maximum absolute atomic E-state index is 11.3. The van der Waals surface area contributed by atoms with Crippen LogP contribution in [-0.2, 0) is 9.84 Å². The highest BCUT2D eigenvalue weighted by molar-refractivity contribution is 7.90. The summed E-state index contributed by atoms with van der Waals surface area (Å²) >= 11 is 0. The van der Waals surface area contributed by atoms with Gasteiger partial charge in [-0.3, -0.25) is 0 Å². The average molecular weight is 306 g/mol. The Morgan fingerprint density at radius 1 is 1.26 bits per heavy atom. The van der Waals surface area contributed by atoms with Gasteiger partial charge in [-0.25, -0.2) is 8.42 Å². The Morgan fingerprint density at radius 3 is 2.37 bits per heavy atom. The number of ether oxygens (including phenoxy) is 1. The molecule has 0 saturated carbocycles. The van der Waals surface area contributed by atoms with Crippen molar-refractivity contribution in [2.24, 2.45) is 11.8 Å². The summed E-state index contributed by atoms with van der Waals surface area (Å²) < 4.78 is 28.3. The number of rotatable bonds is 4. The molecule has 0 radical (unpaired) electrons. The molecule has 0 unspecified atom stereocenters. The first-order valence-corrected chi connectivity index (χ1v) is 7.99. The minimum absolute atomic E-state index is 0. The van der Waals surface area contributed by atoms with Crippen LogP contribution in [0.5, 0.6) is 5.75 Å². The van der Waals surface area contributed by atoms with E-state index < -0.39 is 9.84 Å². The molecule has 6 heteroatoms. The summed E-state index contributed by atoms with van der Waals surface area (Å²) in [7, 11) is -3.12. The Hall–Kier alpha value is -0.780. The van der Waals surface area contributed by atoms with Gasteiger partial charge >= 0.3 is 0 Å². The molecule has 0 amide bonds. The predicted molar refractivity (Wildman–Crippen MR) is 77.8 cm³/mol. The van der Waals surface area contributed by atoms with Gasteiger partial charge in [-0.05, 0) is 36.7 Å². The molecular weight excluding hydrogens is 286 g/mol. The third-order valence-corrected chi connectivity index (χ3v) is 4.52. The topological polar surface area (TPSA) is 55.4 Å². The second-order valence-electron chi connectivity index (χ2n) is 4.95. The number of nitrogens with one attached hydrogen (secondary N) is 1. The third kappa shape index (κ3) is 4.37. The quantitative estimate of drug-likeness (QED) is 0.921. The summed E-state index contributed by atoms with van der Waals surface area (Å²) in [5, 5.41) is 3.33. The Kier molecular flexibility index (Phi) is 5.64. The van der Waals surface area contributed by atoms with Crippen molar-refractivity contribution in [2.75, 3.05) is 26.0 Å². The SMILES string of the molecule is C[C@@H]1CNC[C@H]1COc1ccc(S(C)(=O)=O)cc1.Cl. The number of sulfone groups is 1. The maximum Gasteiger partial charge on any atom is 0.175 e. The summed E-state index contributed by atoms with van der Waals surface area (Å²) in [4.78, 5) is 0.325. The van der Waals surface area contributed by atoms with Crippen molar-refractivity contribution in [2.45, 2.75) is 11.8 Å². The Morgan fingerprint density at radius 2 is 1.89 bits per heavy atom. The van der Waals surface area contributed by atoms with Crippen LogP contribution >= 0.6 is 12.4 Å². The molecule has 19 heavy (non-hydrogen) atoms. The van der Waals surface area contributed by atoms with E-state index >= 15 is 0 Å². The van der Waals surface area contributed by atoms with Crippen LogP contribution in [0.2, 0.25) is 0 Å². The van der Waals surface area contributed by atoms with Crippen molar-refractivity contribution in [1.29, 1.82) is 0 Å². The van der Waals surface area contributed by atoms with Crippen LogP contribution in [0.15, 0.2) is 29.2 Å². The van der Waals surface area contributed by atoms with E-state index in [2.05, 4.69) is 12.2 Å². The van der Waals surface area contributed by atoms with Crippen LogP contribution in [0.25, 0.3) is 0 Å². The lowest BCUT2D eigenvalue weighted by molar-refractivity contribution is 0.233. The van der Waals surface area contributed by atoms with Crippen LogP contribution in [0, 0.1) is 11.8 Å². The molecule has 1 N–H and O–H groups in total. The van der Waals surface area contributed by atoms with Gasteiger partial charge in [0, 0.05) is 18.7 Å². The molecule has 2 atom stereocenters. The molecule has 0 bridgehead atoms. The van der Waals surface area contributed by atoms with E-state index in [9.17, 15) is 8.42 Å². The normalized spacial score (nSPS) is 22.8. The Labute approximate surface area is 120 Å². The monoisotopic (exact) mass is 305 g/mol. The van der Waals surface area contributed by atoms with Crippen molar-refractivity contribution in [1.82, 2.24) is 5.32 Å². The van der Waals surface area contributed by atoms with Gasteiger partial charge in [-0.2, -0.15) is 0 Å². The van der Waals surface area contributed by atoms with Gasteiger partial charge in [-0.15, -0.1) is 12.4 Å². The van der Waals surface area contributed by atoms with Crippen LogP contribution in [0.3, 0.4) is 0 Å². The highest BCUT2D eigenvalue weighted by Crippen LogP contribution is 2.20. The van der Waals surface area contributed by atoms with Gasteiger partial charge < -0.3 is 10.1 Å². The largest absolute Gasteiger partial charge is 0.493 e. The number of hydrogen-bond acceptors (Lipinski definition) is 4. The second kappa shape index (κ2) is 6.59. The van der Waals surface area contributed by atoms with Gasteiger partial charge in [0.25, 0.3) is 0 Å². The van der Waals surface area contributed by atoms with Gasteiger partial charge in [0.2, 0.25) is 0 Å². The van der Waals surface area contributed by atoms with E-state index in [1.807, 2.05) is 0 Å². The molecule has 0 aromatic heterocycles. The minimum atomic E-state index is -3.12. The zero-order valence-electron chi connectivity index (χ0n) is 11.1. The average Bonchev–Trinajstić information content (AvgIpc) is 2.72. The summed E-state index contributed by atoms with van der Waals surface area (Å²) in [5.74, 6) is 1.88. The maximum atomic E-state index is 11.3. The lowest BCUT2D eigenvalue weighted by atomic mass is 9.99. The van der Waals surface area contributed by atoms with E-state index in [1.165, 1.54) is 6.26 Å². The molecule has 1 aromatic carbocycles. The van der Waals surface area contributed by atoms with Crippen LogP contribution in [-0.4, -0.2) is 34.4 Å². The van der Waals surface area contributed by atoms with E-state index in [4.69, 9.17) is 4.74 Å². The molecule has 2 rings (SSSR count). The molecule has 1 saturated heterocycles. The zero-order chi connectivity index (χ0) is 13.2. The van der Waals surface area contributed by atoms with Crippen molar-refractivity contribution >= 4 is 22.2 Å². The van der Waals surface area contributed by atoms with Crippen LogP contribution in [0.4, 0.5) is 0 Å². The lowest BCUT2D eigenvalue weighted by Gasteiger charge is -2.15. The molecular formula is C13H20ClNO3S. The second-order valence-corrected chi connectivity index (χ2v) is 6.97. The fraction of sp³-hybridized carbons (Fsp3) is 0.538.